The van der Waals surface area contributed by atoms with E-state index in [1.54, 1.807) is 13.0 Å². The lowest BCUT2D eigenvalue weighted by Gasteiger charge is -2.14. The van der Waals surface area contributed by atoms with E-state index in [-0.39, 0.29) is 5.91 Å². The van der Waals surface area contributed by atoms with Crippen LogP contribution >= 0.6 is 0 Å². The van der Waals surface area contributed by atoms with E-state index in [1.807, 2.05) is 63.2 Å². The zero-order valence-electron chi connectivity index (χ0n) is 15.0. The zero-order chi connectivity index (χ0) is 18.4. The number of amides is 1. The third-order valence-corrected chi connectivity index (χ3v) is 3.90. The van der Waals surface area contributed by atoms with Gasteiger partial charge in [-0.05, 0) is 62.1 Å². The van der Waals surface area contributed by atoms with E-state index < -0.39 is 12.1 Å². The predicted molar refractivity (Wildman–Crippen MR) is 100 cm³/mol. The van der Waals surface area contributed by atoms with Crippen molar-refractivity contribution in [2.45, 2.75) is 33.8 Å². The van der Waals surface area contributed by atoms with Crippen molar-refractivity contribution in [2.75, 3.05) is 5.32 Å². The summed E-state index contributed by atoms with van der Waals surface area (Å²) in [7, 11) is 0. The minimum atomic E-state index is -0.881. The van der Waals surface area contributed by atoms with Crippen molar-refractivity contribution in [3.05, 3.63) is 70.8 Å². The standard InChI is InChI=1S/C21H23NO3/c1-14-9-10-16(3)19(13-14)22-21(24)17(4)25-20(23)12-11-18-8-6-5-7-15(18)2/h5-13,17H,1-4H3,(H,22,24)/b12-11+/t17-/m0/s1. The van der Waals surface area contributed by atoms with Crippen LogP contribution in [0.15, 0.2) is 48.5 Å². The van der Waals surface area contributed by atoms with Gasteiger partial charge in [-0.15, -0.1) is 0 Å². The van der Waals surface area contributed by atoms with Gasteiger partial charge < -0.3 is 10.1 Å². The van der Waals surface area contributed by atoms with Crippen molar-refractivity contribution in [2.24, 2.45) is 0 Å². The van der Waals surface area contributed by atoms with E-state index in [2.05, 4.69) is 5.32 Å². The van der Waals surface area contributed by atoms with Crippen LogP contribution in [-0.4, -0.2) is 18.0 Å². The third kappa shape index (κ3) is 5.31. The number of ether oxygens (including phenoxy) is 1. The van der Waals surface area contributed by atoms with E-state index in [0.29, 0.717) is 0 Å². The quantitative estimate of drug-likeness (QED) is 0.657. The van der Waals surface area contributed by atoms with Crippen LogP contribution in [0.25, 0.3) is 6.08 Å². The number of carbonyl (C=O) groups excluding carboxylic acids is 2. The maximum atomic E-state index is 12.2. The Hall–Kier alpha value is -2.88. The first-order valence-electron chi connectivity index (χ1n) is 8.19. The normalized spacial score (nSPS) is 12.0. The summed E-state index contributed by atoms with van der Waals surface area (Å²) in [6, 6.07) is 13.5. The van der Waals surface area contributed by atoms with E-state index in [0.717, 1.165) is 27.9 Å². The Morgan fingerprint density at radius 3 is 2.48 bits per heavy atom. The van der Waals surface area contributed by atoms with E-state index >= 15 is 0 Å². The highest BCUT2D eigenvalue weighted by atomic mass is 16.5. The van der Waals surface area contributed by atoms with Gasteiger partial charge >= 0.3 is 5.97 Å². The Morgan fingerprint density at radius 1 is 1.04 bits per heavy atom. The fraction of sp³-hybridized carbons (Fsp3) is 0.238. The fourth-order valence-electron chi connectivity index (χ4n) is 2.30. The summed E-state index contributed by atoms with van der Waals surface area (Å²) in [6.45, 7) is 7.39. The maximum Gasteiger partial charge on any atom is 0.331 e. The van der Waals surface area contributed by atoms with Crippen molar-refractivity contribution < 1.29 is 14.3 Å². The molecule has 0 aliphatic carbocycles. The molecule has 0 spiro atoms. The Kier molecular flexibility index (Phi) is 6.12. The third-order valence-electron chi connectivity index (χ3n) is 3.90. The average molecular weight is 337 g/mol. The molecule has 4 heteroatoms. The molecule has 0 aliphatic rings. The van der Waals surface area contributed by atoms with Crippen LogP contribution in [0, 0.1) is 20.8 Å². The second kappa shape index (κ2) is 8.29. The molecule has 4 nitrogen and oxygen atoms in total. The Balaban J connectivity index is 1.95. The molecular weight excluding hydrogens is 314 g/mol. The van der Waals surface area contributed by atoms with Gasteiger partial charge in [-0.2, -0.15) is 0 Å². The molecular formula is C21H23NO3. The Labute approximate surface area is 148 Å². The van der Waals surface area contributed by atoms with Gasteiger partial charge in [0, 0.05) is 11.8 Å². The van der Waals surface area contributed by atoms with Gasteiger partial charge in [-0.25, -0.2) is 4.79 Å². The minimum Gasteiger partial charge on any atom is -0.449 e. The average Bonchev–Trinajstić information content (AvgIpc) is 2.57. The SMILES string of the molecule is Cc1ccc(C)c(NC(=O)[C@H](C)OC(=O)/C=C/c2ccccc2C)c1. The highest BCUT2D eigenvalue weighted by molar-refractivity contribution is 5.97. The summed E-state index contributed by atoms with van der Waals surface area (Å²) >= 11 is 0. The zero-order valence-corrected chi connectivity index (χ0v) is 15.0. The summed E-state index contributed by atoms with van der Waals surface area (Å²) < 4.78 is 5.18. The molecule has 2 aromatic rings. The molecule has 0 saturated heterocycles. The number of carbonyl (C=O) groups is 2. The first-order valence-corrected chi connectivity index (χ1v) is 8.19. The van der Waals surface area contributed by atoms with Gasteiger partial charge in [-0.1, -0.05) is 36.4 Å². The largest absolute Gasteiger partial charge is 0.449 e. The highest BCUT2D eigenvalue weighted by Crippen LogP contribution is 2.17. The summed E-state index contributed by atoms with van der Waals surface area (Å²) in [6.07, 6.45) is 2.14. The van der Waals surface area contributed by atoms with Crippen molar-refractivity contribution in [3.8, 4) is 0 Å². The number of hydrogen-bond acceptors (Lipinski definition) is 3. The summed E-state index contributed by atoms with van der Waals surface area (Å²) in [5, 5.41) is 2.80. The van der Waals surface area contributed by atoms with Crippen LogP contribution < -0.4 is 5.32 Å². The monoisotopic (exact) mass is 337 g/mol. The van der Waals surface area contributed by atoms with Crippen LogP contribution in [0.1, 0.15) is 29.2 Å². The lowest BCUT2D eigenvalue weighted by atomic mass is 10.1. The molecule has 2 rings (SSSR count). The van der Waals surface area contributed by atoms with E-state index in [9.17, 15) is 9.59 Å². The molecule has 0 saturated carbocycles. The van der Waals surface area contributed by atoms with Gasteiger partial charge in [0.25, 0.3) is 5.91 Å². The Bertz CT molecular complexity index is 809. The smallest absolute Gasteiger partial charge is 0.331 e. The van der Waals surface area contributed by atoms with Crippen LogP contribution in [0.3, 0.4) is 0 Å². The molecule has 0 radical (unpaired) electrons. The first-order chi connectivity index (χ1) is 11.9. The van der Waals surface area contributed by atoms with Gasteiger partial charge in [0.2, 0.25) is 0 Å². The number of hydrogen-bond donors (Lipinski definition) is 1. The van der Waals surface area contributed by atoms with E-state index in [1.165, 1.54) is 6.08 Å². The molecule has 2 aromatic carbocycles. The molecule has 130 valence electrons. The molecule has 0 heterocycles. The van der Waals surface area contributed by atoms with Crippen molar-refractivity contribution in [3.63, 3.8) is 0 Å². The molecule has 25 heavy (non-hydrogen) atoms. The minimum absolute atomic E-state index is 0.355. The van der Waals surface area contributed by atoms with Crippen LogP contribution in [0.2, 0.25) is 0 Å². The maximum absolute atomic E-state index is 12.2. The van der Waals surface area contributed by atoms with Gasteiger partial charge in [0.15, 0.2) is 6.10 Å². The summed E-state index contributed by atoms with van der Waals surface area (Å²) in [4.78, 5) is 24.2. The fourth-order valence-corrected chi connectivity index (χ4v) is 2.30. The predicted octanol–water partition coefficient (Wildman–Crippen LogP) is 4.20. The molecule has 1 N–H and O–H groups in total. The second-order valence-electron chi connectivity index (χ2n) is 6.08. The molecule has 0 fully saturated rings. The van der Waals surface area contributed by atoms with Crippen LogP contribution in [0.5, 0.6) is 0 Å². The number of aryl methyl sites for hydroxylation is 3. The second-order valence-corrected chi connectivity index (χ2v) is 6.08. The van der Waals surface area contributed by atoms with E-state index in [4.69, 9.17) is 4.74 Å². The molecule has 0 aliphatic heterocycles. The van der Waals surface area contributed by atoms with Crippen molar-refractivity contribution >= 4 is 23.6 Å². The van der Waals surface area contributed by atoms with Crippen molar-refractivity contribution in [1.82, 2.24) is 0 Å². The number of anilines is 1. The highest BCUT2D eigenvalue weighted by Gasteiger charge is 2.17. The lowest BCUT2D eigenvalue weighted by molar-refractivity contribution is -0.148. The number of benzene rings is 2. The molecule has 0 aromatic heterocycles. The summed E-state index contributed by atoms with van der Waals surface area (Å²) in [5.74, 6) is -0.904. The number of nitrogens with one attached hydrogen (secondary N) is 1. The summed E-state index contributed by atoms with van der Waals surface area (Å²) in [5.41, 5.74) is 4.73. The molecule has 0 bridgehead atoms. The lowest BCUT2D eigenvalue weighted by Crippen LogP contribution is -2.29. The van der Waals surface area contributed by atoms with Crippen molar-refractivity contribution in [1.29, 1.82) is 0 Å². The number of rotatable bonds is 5. The van der Waals surface area contributed by atoms with Gasteiger partial charge in [0.1, 0.15) is 0 Å². The Morgan fingerprint density at radius 2 is 1.76 bits per heavy atom. The van der Waals surface area contributed by atoms with Crippen LogP contribution in [-0.2, 0) is 14.3 Å². The molecule has 1 amide bonds. The molecule has 1 atom stereocenters. The number of esters is 1. The van der Waals surface area contributed by atoms with Crippen LogP contribution in [0.4, 0.5) is 5.69 Å². The topological polar surface area (TPSA) is 55.4 Å². The molecule has 0 unspecified atom stereocenters. The van der Waals surface area contributed by atoms with Gasteiger partial charge in [0.05, 0.1) is 0 Å². The first kappa shape index (κ1) is 18.5. The van der Waals surface area contributed by atoms with Gasteiger partial charge in [-0.3, -0.25) is 4.79 Å².